The Morgan fingerprint density at radius 1 is 1.08 bits per heavy atom. The largest absolute Gasteiger partial charge is 0.462 e. The molecule has 0 N–H and O–H groups in total. The van der Waals surface area contributed by atoms with Crippen molar-refractivity contribution >= 4 is 20.4 Å². The zero-order valence-electron chi connectivity index (χ0n) is 15.1. The first-order valence-corrected chi connectivity index (χ1v) is 9.95. The van der Waals surface area contributed by atoms with Crippen molar-refractivity contribution in [2.45, 2.75) is 46.5 Å². The van der Waals surface area contributed by atoms with E-state index in [0.29, 0.717) is 25.4 Å². The first kappa shape index (κ1) is 20.6. The van der Waals surface area contributed by atoms with E-state index in [1.54, 1.807) is 6.92 Å². The summed E-state index contributed by atoms with van der Waals surface area (Å²) in [7, 11) is -1.46. The molecule has 0 aliphatic carbocycles. The SMILES string of the molecule is C=C(C)C(=O)OCCCc1ccccc1[Si](OCCC)OCCC. The van der Waals surface area contributed by atoms with Gasteiger partial charge in [0.1, 0.15) is 0 Å². The van der Waals surface area contributed by atoms with Crippen molar-refractivity contribution in [3.05, 3.63) is 42.0 Å². The van der Waals surface area contributed by atoms with Crippen molar-refractivity contribution in [2.24, 2.45) is 0 Å². The summed E-state index contributed by atoms with van der Waals surface area (Å²) in [4.78, 5) is 11.4. The number of benzene rings is 1. The van der Waals surface area contributed by atoms with Crippen molar-refractivity contribution in [1.82, 2.24) is 0 Å². The van der Waals surface area contributed by atoms with Gasteiger partial charge in [0.05, 0.1) is 6.61 Å². The molecule has 0 fully saturated rings. The van der Waals surface area contributed by atoms with Gasteiger partial charge >= 0.3 is 15.3 Å². The first-order valence-electron chi connectivity index (χ1n) is 8.63. The van der Waals surface area contributed by atoms with Crippen LogP contribution >= 0.6 is 0 Å². The molecule has 24 heavy (non-hydrogen) atoms. The number of aryl methyl sites for hydroxylation is 1. The summed E-state index contributed by atoms with van der Waals surface area (Å²) in [6, 6.07) is 8.24. The standard InChI is InChI=1S/C19H29O4Si/c1-5-13-22-24(23-14-6-2)18-12-8-7-10-17(18)11-9-15-21-19(20)16(3)4/h7-8,10,12H,3,5-6,9,11,13-15H2,1-2,4H3. The average molecular weight is 350 g/mol. The van der Waals surface area contributed by atoms with E-state index in [4.69, 9.17) is 13.6 Å². The van der Waals surface area contributed by atoms with Gasteiger partial charge in [0.15, 0.2) is 0 Å². The second kappa shape index (κ2) is 12.0. The lowest BCUT2D eigenvalue weighted by Crippen LogP contribution is -2.39. The molecular weight excluding hydrogens is 320 g/mol. The minimum atomic E-state index is -1.46. The fraction of sp³-hybridized carbons (Fsp3) is 0.526. The molecule has 0 atom stereocenters. The van der Waals surface area contributed by atoms with E-state index < -0.39 is 9.28 Å². The molecule has 0 heterocycles. The lowest BCUT2D eigenvalue weighted by molar-refractivity contribution is -0.139. The molecule has 0 saturated heterocycles. The molecule has 0 spiro atoms. The Hall–Kier alpha value is -1.43. The fourth-order valence-corrected chi connectivity index (χ4v) is 3.95. The van der Waals surface area contributed by atoms with E-state index in [1.807, 2.05) is 12.1 Å². The zero-order valence-corrected chi connectivity index (χ0v) is 16.1. The van der Waals surface area contributed by atoms with E-state index in [2.05, 4.69) is 32.6 Å². The van der Waals surface area contributed by atoms with Gasteiger partial charge in [-0.3, -0.25) is 0 Å². The van der Waals surface area contributed by atoms with E-state index in [0.717, 1.165) is 30.9 Å². The second-order valence-corrected chi connectivity index (χ2v) is 7.35. The van der Waals surface area contributed by atoms with Crippen molar-refractivity contribution in [3.63, 3.8) is 0 Å². The maximum atomic E-state index is 11.4. The van der Waals surface area contributed by atoms with Gasteiger partial charge in [0.2, 0.25) is 0 Å². The number of carbonyl (C=O) groups excluding carboxylic acids is 1. The van der Waals surface area contributed by atoms with Gasteiger partial charge in [0, 0.05) is 18.8 Å². The summed E-state index contributed by atoms with van der Waals surface area (Å²) >= 11 is 0. The van der Waals surface area contributed by atoms with Gasteiger partial charge in [0.25, 0.3) is 0 Å². The van der Waals surface area contributed by atoms with Crippen LogP contribution in [0.3, 0.4) is 0 Å². The highest BCUT2D eigenvalue weighted by Gasteiger charge is 2.21. The normalized spacial score (nSPS) is 10.8. The Bertz CT molecular complexity index is 508. The second-order valence-electron chi connectivity index (χ2n) is 5.66. The predicted octanol–water partition coefficient (Wildman–Crippen LogP) is 3.29. The molecule has 0 amide bonds. The van der Waals surface area contributed by atoms with Gasteiger partial charge in [-0.2, -0.15) is 0 Å². The van der Waals surface area contributed by atoms with Crippen LogP contribution < -0.4 is 5.19 Å². The number of ether oxygens (including phenoxy) is 1. The van der Waals surface area contributed by atoms with E-state index in [1.165, 1.54) is 5.56 Å². The Labute approximate surface area is 147 Å². The summed E-state index contributed by atoms with van der Waals surface area (Å²) < 4.78 is 17.1. The number of rotatable bonds is 12. The van der Waals surface area contributed by atoms with Crippen LogP contribution in [0.25, 0.3) is 0 Å². The van der Waals surface area contributed by atoms with Crippen LogP contribution in [-0.4, -0.2) is 35.1 Å². The Morgan fingerprint density at radius 2 is 1.71 bits per heavy atom. The molecule has 1 rings (SSSR count). The average Bonchev–Trinajstić information content (AvgIpc) is 2.59. The van der Waals surface area contributed by atoms with Crippen LogP contribution in [0.5, 0.6) is 0 Å². The highest BCUT2D eigenvalue weighted by Crippen LogP contribution is 2.06. The van der Waals surface area contributed by atoms with Crippen LogP contribution in [0.15, 0.2) is 36.4 Å². The Morgan fingerprint density at radius 3 is 2.29 bits per heavy atom. The van der Waals surface area contributed by atoms with Gasteiger partial charge < -0.3 is 13.6 Å². The molecule has 133 valence electrons. The fourth-order valence-electron chi connectivity index (χ4n) is 2.07. The monoisotopic (exact) mass is 349 g/mol. The first-order chi connectivity index (χ1) is 11.6. The van der Waals surface area contributed by atoms with Crippen molar-refractivity contribution < 1.29 is 18.4 Å². The molecule has 1 radical (unpaired) electrons. The minimum absolute atomic E-state index is 0.328. The van der Waals surface area contributed by atoms with Crippen LogP contribution in [-0.2, 0) is 24.8 Å². The summed E-state index contributed by atoms with van der Waals surface area (Å²) in [5, 5.41) is 1.16. The summed E-state index contributed by atoms with van der Waals surface area (Å²) in [6.45, 7) is 11.3. The van der Waals surface area contributed by atoms with Gasteiger partial charge in [-0.15, -0.1) is 0 Å². The molecule has 4 nitrogen and oxygen atoms in total. The third kappa shape index (κ3) is 7.42. The zero-order chi connectivity index (χ0) is 17.8. The molecule has 1 aromatic rings. The van der Waals surface area contributed by atoms with Crippen LogP contribution in [0.2, 0.25) is 0 Å². The summed E-state index contributed by atoms with van der Waals surface area (Å²) in [5.41, 5.74) is 1.65. The van der Waals surface area contributed by atoms with Crippen molar-refractivity contribution in [1.29, 1.82) is 0 Å². The maximum Gasteiger partial charge on any atom is 0.423 e. The molecule has 1 aromatic carbocycles. The molecule has 0 aromatic heterocycles. The maximum absolute atomic E-state index is 11.4. The molecule has 0 unspecified atom stereocenters. The lowest BCUT2D eigenvalue weighted by Gasteiger charge is -2.18. The van der Waals surface area contributed by atoms with E-state index >= 15 is 0 Å². The lowest BCUT2D eigenvalue weighted by atomic mass is 10.1. The number of hydrogen-bond acceptors (Lipinski definition) is 4. The molecular formula is C19H29O4Si. The Kier molecular flexibility index (Phi) is 10.3. The van der Waals surface area contributed by atoms with E-state index in [9.17, 15) is 4.79 Å². The summed E-state index contributed by atoms with van der Waals surface area (Å²) in [5.74, 6) is -0.328. The minimum Gasteiger partial charge on any atom is -0.462 e. The van der Waals surface area contributed by atoms with Gasteiger partial charge in [-0.25, -0.2) is 4.79 Å². The third-order valence-electron chi connectivity index (χ3n) is 3.28. The number of esters is 1. The highest BCUT2D eigenvalue weighted by molar-refractivity contribution is 6.61. The highest BCUT2D eigenvalue weighted by atomic mass is 28.3. The van der Waals surface area contributed by atoms with Gasteiger partial charge in [-0.05, 0) is 43.4 Å². The third-order valence-corrected chi connectivity index (χ3v) is 5.14. The Balaban J connectivity index is 2.66. The predicted molar refractivity (Wildman–Crippen MR) is 98.4 cm³/mol. The molecule has 0 bridgehead atoms. The number of carbonyl (C=O) groups is 1. The quantitative estimate of drug-likeness (QED) is 0.251. The molecule has 0 aliphatic heterocycles. The topological polar surface area (TPSA) is 44.8 Å². The van der Waals surface area contributed by atoms with Crippen LogP contribution in [0.1, 0.15) is 45.6 Å². The summed E-state index contributed by atoms with van der Waals surface area (Å²) in [6.07, 6.45) is 3.55. The van der Waals surface area contributed by atoms with Crippen molar-refractivity contribution in [3.8, 4) is 0 Å². The molecule has 5 heteroatoms. The van der Waals surface area contributed by atoms with Crippen LogP contribution in [0, 0.1) is 0 Å². The van der Waals surface area contributed by atoms with E-state index in [-0.39, 0.29) is 5.97 Å². The molecule has 0 aliphatic rings. The van der Waals surface area contributed by atoms with Crippen molar-refractivity contribution in [2.75, 3.05) is 19.8 Å². The van der Waals surface area contributed by atoms with Gasteiger partial charge in [-0.1, -0.05) is 44.7 Å². The smallest absolute Gasteiger partial charge is 0.423 e. The van der Waals surface area contributed by atoms with Crippen LogP contribution in [0.4, 0.5) is 0 Å². The molecule has 0 saturated carbocycles. The number of hydrogen-bond donors (Lipinski definition) is 0.